The van der Waals surface area contributed by atoms with Crippen LogP contribution >= 0.6 is 0 Å². The van der Waals surface area contributed by atoms with Crippen LogP contribution in [0.25, 0.3) is 33.0 Å². The molecular weight excluding hydrogens is 378 g/mol. The molecule has 2 amide bonds. The molecule has 0 unspecified atom stereocenters. The summed E-state index contributed by atoms with van der Waals surface area (Å²) in [4.78, 5) is 29.0. The molecule has 2 aromatic heterocycles. The number of benzene rings is 2. The zero-order valence-corrected chi connectivity index (χ0v) is 16.5. The number of H-pyrrole nitrogens is 1. The number of aryl methyl sites for hydroxylation is 2. The number of fused-ring (bicyclic) bond motifs is 2. The van der Waals surface area contributed by atoms with E-state index in [1.54, 1.807) is 6.20 Å². The van der Waals surface area contributed by atoms with Crippen LogP contribution in [0.5, 0.6) is 0 Å². The fourth-order valence-electron chi connectivity index (χ4n) is 4.41. The lowest BCUT2D eigenvalue weighted by atomic mass is 9.95. The number of amides is 2. The first-order valence-electron chi connectivity index (χ1n) is 9.96. The molecule has 4 aromatic rings. The molecule has 5 rings (SSSR count). The minimum atomic E-state index is -0.386. The standard InChI is InChI=1S/C24H21N3O3/c1-14-6-4-8-16-18(13-27(22(14)16)10-5-11-28)21-20(23(29)26-24(21)30)17-12-25-19-9-3-2-7-15(17)19/h2-4,6-9,12-13,25,28H,5,10-11H2,1H3,(H,26,29,30). The number of hydrogen-bond acceptors (Lipinski definition) is 3. The molecule has 30 heavy (non-hydrogen) atoms. The monoisotopic (exact) mass is 399 g/mol. The summed E-state index contributed by atoms with van der Waals surface area (Å²) in [7, 11) is 0. The maximum Gasteiger partial charge on any atom is 0.259 e. The summed E-state index contributed by atoms with van der Waals surface area (Å²) in [5, 5.41) is 13.6. The molecule has 0 spiro atoms. The van der Waals surface area contributed by atoms with Gasteiger partial charge in [0.05, 0.1) is 16.7 Å². The van der Waals surface area contributed by atoms with Gasteiger partial charge in [-0.3, -0.25) is 14.9 Å². The van der Waals surface area contributed by atoms with Crippen molar-refractivity contribution in [3.8, 4) is 0 Å². The maximum atomic E-state index is 12.9. The fraction of sp³-hybridized carbons (Fsp3) is 0.167. The molecule has 3 N–H and O–H groups in total. The minimum absolute atomic E-state index is 0.0865. The van der Waals surface area contributed by atoms with Gasteiger partial charge in [0.2, 0.25) is 0 Å². The van der Waals surface area contributed by atoms with Crippen molar-refractivity contribution in [2.45, 2.75) is 19.9 Å². The Morgan fingerprint density at radius 3 is 2.47 bits per heavy atom. The van der Waals surface area contributed by atoms with E-state index in [2.05, 4.69) is 14.9 Å². The van der Waals surface area contributed by atoms with Crippen molar-refractivity contribution in [1.82, 2.24) is 14.9 Å². The van der Waals surface area contributed by atoms with Gasteiger partial charge < -0.3 is 14.7 Å². The highest BCUT2D eigenvalue weighted by atomic mass is 16.3. The number of para-hydroxylation sites is 2. The van der Waals surface area contributed by atoms with Gasteiger partial charge in [-0.15, -0.1) is 0 Å². The first-order chi connectivity index (χ1) is 14.6. The van der Waals surface area contributed by atoms with Crippen LogP contribution in [0, 0.1) is 6.92 Å². The lowest BCUT2D eigenvalue weighted by Gasteiger charge is -2.05. The van der Waals surface area contributed by atoms with E-state index in [4.69, 9.17) is 0 Å². The zero-order valence-electron chi connectivity index (χ0n) is 16.5. The second-order valence-corrected chi connectivity index (χ2v) is 7.57. The predicted molar refractivity (Wildman–Crippen MR) is 117 cm³/mol. The van der Waals surface area contributed by atoms with E-state index < -0.39 is 0 Å². The second-order valence-electron chi connectivity index (χ2n) is 7.57. The first-order valence-corrected chi connectivity index (χ1v) is 9.96. The van der Waals surface area contributed by atoms with Gasteiger partial charge in [-0.05, 0) is 25.0 Å². The molecule has 0 saturated carbocycles. The number of aliphatic hydroxyl groups excluding tert-OH is 1. The number of imide groups is 1. The molecule has 0 fully saturated rings. The fourth-order valence-corrected chi connectivity index (χ4v) is 4.41. The highest BCUT2D eigenvalue weighted by Gasteiger charge is 2.35. The van der Waals surface area contributed by atoms with Crippen molar-refractivity contribution in [3.63, 3.8) is 0 Å². The number of aromatic nitrogens is 2. The third-order valence-corrected chi connectivity index (χ3v) is 5.72. The molecule has 150 valence electrons. The van der Waals surface area contributed by atoms with Crippen molar-refractivity contribution >= 4 is 44.8 Å². The van der Waals surface area contributed by atoms with Crippen LogP contribution in [0.15, 0.2) is 54.9 Å². The second kappa shape index (κ2) is 7.00. The maximum absolute atomic E-state index is 12.9. The van der Waals surface area contributed by atoms with Crippen LogP contribution in [0.1, 0.15) is 23.1 Å². The quantitative estimate of drug-likeness (QED) is 0.450. The molecule has 0 aliphatic carbocycles. The summed E-state index contributed by atoms with van der Waals surface area (Å²) >= 11 is 0. The molecule has 0 atom stereocenters. The Labute approximate surface area is 172 Å². The van der Waals surface area contributed by atoms with Crippen LogP contribution in [0.2, 0.25) is 0 Å². The van der Waals surface area contributed by atoms with E-state index in [9.17, 15) is 14.7 Å². The van der Waals surface area contributed by atoms with E-state index in [0.29, 0.717) is 29.7 Å². The highest BCUT2D eigenvalue weighted by Crippen LogP contribution is 2.38. The number of carbonyl (C=O) groups excluding carboxylic acids is 2. The third-order valence-electron chi connectivity index (χ3n) is 5.72. The molecular formula is C24H21N3O3. The lowest BCUT2D eigenvalue weighted by Crippen LogP contribution is -2.22. The molecule has 1 aliphatic heterocycles. The topological polar surface area (TPSA) is 87.1 Å². The van der Waals surface area contributed by atoms with Crippen LogP contribution in [0.3, 0.4) is 0 Å². The summed E-state index contributed by atoms with van der Waals surface area (Å²) in [6, 6.07) is 13.7. The number of nitrogens with zero attached hydrogens (tertiary/aromatic N) is 1. The zero-order chi connectivity index (χ0) is 20.8. The van der Waals surface area contributed by atoms with Crippen molar-refractivity contribution in [1.29, 1.82) is 0 Å². The highest BCUT2D eigenvalue weighted by molar-refractivity contribution is 6.50. The van der Waals surface area contributed by atoms with E-state index in [0.717, 1.165) is 32.9 Å². The van der Waals surface area contributed by atoms with Gasteiger partial charge in [0.15, 0.2) is 0 Å². The van der Waals surface area contributed by atoms with Gasteiger partial charge in [-0.25, -0.2) is 0 Å². The molecule has 3 heterocycles. The third kappa shape index (κ3) is 2.69. The Bertz CT molecular complexity index is 1360. The van der Waals surface area contributed by atoms with E-state index >= 15 is 0 Å². The number of nitrogens with one attached hydrogen (secondary N) is 2. The summed E-state index contributed by atoms with van der Waals surface area (Å²) in [6.07, 6.45) is 4.32. The van der Waals surface area contributed by atoms with Crippen LogP contribution in [-0.2, 0) is 16.1 Å². The normalized spacial score (nSPS) is 14.3. The minimum Gasteiger partial charge on any atom is -0.396 e. The SMILES string of the molecule is Cc1cccc2c(C3=C(c4c[nH]c5ccccc45)C(=O)NC3=O)cn(CCCO)c12. The first kappa shape index (κ1) is 18.4. The average molecular weight is 399 g/mol. The molecule has 6 heteroatoms. The van der Waals surface area contributed by atoms with Gasteiger partial charge in [0, 0.05) is 53.0 Å². The van der Waals surface area contributed by atoms with Gasteiger partial charge >= 0.3 is 0 Å². The number of carbonyl (C=O) groups is 2. The van der Waals surface area contributed by atoms with E-state index in [1.165, 1.54) is 0 Å². The summed E-state index contributed by atoms with van der Waals surface area (Å²) in [5.41, 5.74) is 5.23. The molecule has 0 bridgehead atoms. The number of hydrogen-bond donors (Lipinski definition) is 3. The smallest absolute Gasteiger partial charge is 0.259 e. The summed E-state index contributed by atoms with van der Waals surface area (Å²) in [5.74, 6) is -0.772. The van der Waals surface area contributed by atoms with Gasteiger partial charge in [0.1, 0.15) is 0 Å². The summed E-state index contributed by atoms with van der Waals surface area (Å²) in [6.45, 7) is 2.74. The number of rotatable bonds is 5. The Morgan fingerprint density at radius 1 is 0.933 bits per heavy atom. The molecule has 0 radical (unpaired) electrons. The lowest BCUT2D eigenvalue weighted by molar-refractivity contribution is -0.122. The predicted octanol–water partition coefficient (Wildman–Crippen LogP) is 3.38. The summed E-state index contributed by atoms with van der Waals surface area (Å²) < 4.78 is 2.06. The Kier molecular flexibility index (Phi) is 4.29. The van der Waals surface area contributed by atoms with E-state index in [-0.39, 0.29) is 18.4 Å². The van der Waals surface area contributed by atoms with Crippen molar-refractivity contribution < 1.29 is 14.7 Å². The molecule has 2 aromatic carbocycles. The Hall–Kier alpha value is -3.64. The number of aliphatic hydroxyl groups is 1. The molecule has 1 aliphatic rings. The van der Waals surface area contributed by atoms with Crippen LogP contribution in [0.4, 0.5) is 0 Å². The average Bonchev–Trinajstić information content (AvgIpc) is 3.40. The van der Waals surface area contributed by atoms with Crippen LogP contribution < -0.4 is 5.32 Å². The van der Waals surface area contributed by atoms with Gasteiger partial charge in [-0.1, -0.05) is 36.4 Å². The van der Waals surface area contributed by atoms with Gasteiger partial charge in [-0.2, -0.15) is 0 Å². The Morgan fingerprint density at radius 2 is 1.67 bits per heavy atom. The molecule has 6 nitrogen and oxygen atoms in total. The Balaban J connectivity index is 1.81. The van der Waals surface area contributed by atoms with Crippen LogP contribution in [-0.4, -0.2) is 33.1 Å². The van der Waals surface area contributed by atoms with Crippen molar-refractivity contribution in [2.24, 2.45) is 0 Å². The van der Waals surface area contributed by atoms with E-state index in [1.807, 2.05) is 55.6 Å². The van der Waals surface area contributed by atoms with Gasteiger partial charge in [0.25, 0.3) is 11.8 Å². The largest absolute Gasteiger partial charge is 0.396 e. The van der Waals surface area contributed by atoms with Crippen molar-refractivity contribution in [3.05, 3.63) is 71.5 Å². The van der Waals surface area contributed by atoms with Crippen molar-refractivity contribution in [2.75, 3.05) is 6.61 Å². The number of aromatic amines is 1. The molecule has 0 saturated heterocycles.